The zero-order valence-electron chi connectivity index (χ0n) is 12.2. The number of carbonyl (C=O) groups excluding carboxylic acids is 2. The highest BCUT2D eigenvalue weighted by molar-refractivity contribution is 5.97. The molecule has 4 nitrogen and oxygen atoms in total. The molecule has 0 aliphatic heterocycles. The fourth-order valence-corrected chi connectivity index (χ4v) is 2.92. The van der Waals surface area contributed by atoms with Crippen LogP contribution in [0.15, 0.2) is 24.3 Å². The molecule has 0 saturated heterocycles. The number of benzene rings is 1. The molecule has 2 N–H and O–H groups in total. The van der Waals surface area contributed by atoms with Gasteiger partial charge in [0.1, 0.15) is 0 Å². The highest BCUT2D eigenvalue weighted by Crippen LogP contribution is 2.27. The van der Waals surface area contributed by atoms with Gasteiger partial charge in [-0.1, -0.05) is 18.9 Å². The Morgan fingerprint density at radius 2 is 1.86 bits per heavy atom. The number of rotatable bonds is 5. The Bertz CT molecular complexity index is 531. The van der Waals surface area contributed by atoms with Crippen LogP contribution in [0.4, 0.5) is 5.69 Å². The fourth-order valence-electron chi connectivity index (χ4n) is 2.92. The number of anilines is 1. The largest absolute Gasteiger partial charge is 0.349 e. The number of hydrogen-bond acceptors (Lipinski definition) is 2. The van der Waals surface area contributed by atoms with Crippen LogP contribution >= 0.6 is 0 Å². The summed E-state index contributed by atoms with van der Waals surface area (Å²) in [6.07, 6.45) is 7.56. The first-order valence-corrected chi connectivity index (χ1v) is 7.91. The van der Waals surface area contributed by atoms with Crippen molar-refractivity contribution in [1.29, 1.82) is 0 Å². The van der Waals surface area contributed by atoms with E-state index in [2.05, 4.69) is 10.6 Å². The Morgan fingerprint density at radius 1 is 1.10 bits per heavy atom. The minimum Gasteiger partial charge on any atom is -0.349 e. The Balaban J connectivity index is 1.56. The lowest BCUT2D eigenvalue weighted by Crippen LogP contribution is -2.25. The van der Waals surface area contributed by atoms with E-state index in [0.29, 0.717) is 29.6 Å². The van der Waals surface area contributed by atoms with Crippen molar-refractivity contribution >= 4 is 17.5 Å². The zero-order valence-corrected chi connectivity index (χ0v) is 12.2. The molecule has 0 radical (unpaired) electrons. The van der Waals surface area contributed by atoms with Gasteiger partial charge in [0.05, 0.1) is 0 Å². The van der Waals surface area contributed by atoms with E-state index in [-0.39, 0.29) is 11.8 Å². The molecular weight excluding hydrogens is 264 g/mol. The van der Waals surface area contributed by atoms with Crippen molar-refractivity contribution in [3.8, 4) is 0 Å². The van der Waals surface area contributed by atoms with Crippen molar-refractivity contribution in [2.75, 3.05) is 5.32 Å². The lowest BCUT2D eigenvalue weighted by molar-refractivity contribution is -0.117. The summed E-state index contributed by atoms with van der Waals surface area (Å²) in [5.74, 6) is 0.539. The summed E-state index contributed by atoms with van der Waals surface area (Å²) in [6.45, 7) is 0. The second-order valence-corrected chi connectivity index (χ2v) is 6.23. The maximum atomic E-state index is 12.0. The number of carbonyl (C=O) groups is 2. The monoisotopic (exact) mass is 286 g/mol. The molecule has 2 saturated carbocycles. The summed E-state index contributed by atoms with van der Waals surface area (Å²) in [5.41, 5.74) is 1.32. The van der Waals surface area contributed by atoms with Gasteiger partial charge >= 0.3 is 0 Å². The van der Waals surface area contributed by atoms with Crippen LogP contribution in [0.25, 0.3) is 0 Å². The summed E-state index contributed by atoms with van der Waals surface area (Å²) in [4.78, 5) is 24.0. The molecule has 112 valence electrons. The van der Waals surface area contributed by atoms with Crippen molar-refractivity contribution in [3.05, 3.63) is 29.8 Å². The summed E-state index contributed by atoms with van der Waals surface area (Å²) < 4.78 is 0. The lowest BCUT2D eigenvalue weighted by Gasteiger charge is -2.10. The molecule has 0 bridgehead atoms. The maximum Gasteiger partial charge on any atom is 0.251 e. The third kappa shape index (κ3) is 4.06. The van der Waals surface area contributed by atoms with Gasteiger partial charge < -0.3 is 10.6 Å². The van der Waals surface area contributed by atoms with Crippen molar-refractivity contribution in [2.24, 2.45) is 5.92 Å². The van der Waals surface area contributed by atoms with Gasteiger partial charge in [0, 0.05) is 23.7 Å². The Labute approximate surface area is 125 Å². The van der Waals surface area contributed by atoms with Gasteiger partial charge in [-0.25, -0.2) is 0 Å². The van der Waals surface area contributed by atoms with Crippen LogP contribution in [-0.2, 0) is 4.79 Å². The van der Waals surface area contributed by atoms with E-state index in [9.17, 15) is 9.59 Å². The first kappa shape index (κ1) is 14.1. The first-order chi connectivity index (χ1) is 10.2. The third-order valence-corrected chi connectivity index (χ3v) is 4.27. The lowest BCUT2D eigenvalue weighted by atomic mass is 10.0. The van der Waals surface area contributed by atoms with Gasteiger partial charge in [-0.15, -0.1) is 0 Å². The topological polar surface area (TPSA) is 58.2 Å². The number of hydrogen-bond donors (Lipinski definition) is 2. The van der Waals surface area contributed by atoms with Crippen molar-refractivity contribution in [1.82, 2.24) is 5.32 Å². The molecule has 3 rings (SSSR count). The fraction of sp³-hybridized carbons (Fsp3) is 0.529. The predicted octanol–water partition coefficient (Wildman–Crippen LogP) is 3.10. The quantitative estimate of drug-likeness (QED) is 0.874. The molecule has 2 amide bonds. The van der Waals surface area contributed by atoms with E-state index < -0.39 is 0 Å². The number of amides is 2. The maximum absolute atomic E-state index is 12.0. The summed E-state index contributed by atoms with van der Waals surface area (Å²) in [6, 6.07) is 7.53. The molecule has 2 fully saturated rings. The van der Waals surface area contributed by atoms with Crippen molar-refractivity contribution < 1.29 is 9.59 Å². The standard InChI is InChI=1S/C17H22N2O2/c20-16(10-12-4-1-2-5-12)18-15-7-3-6-13(11-15)17(21)19-14-8-9-14/h3,6-7,11-12,14H,1-2,4-5,8-10H2,(H,18,20)(H,19,21). The van der Waals surface area contributed by atoms with Crippen LogP contribution in [0.1, 0.15) is 55.3 Å². The molecule has 0 heterocycles. The summed E-state index contributed by atoms with van der Waals surface area (Å²) in [7, 11) is 0. The van der Waals surface area contributed by atoms with Crippen LogP contribution in [0.5, 0.6) is 0 Å². The van der Waals surface area contributed by atoms with E-state index in [1.54, 1.807) is 12.1 Å². The molecule has 21 heavy (non-hydrogen) atoms. The molecule has 0 unspecified atom stereocenters. The second kappa shape index (κ2) is 6.29. The molecule has 0 atom stereocenters. The van der Waals surface area contributed by atoms with Crippen LogP contribution < -0.4 is 10.6 Å². The average Bonchev–Trinajstić information content (AvgIpc) is 3.13. The Hall–Kier alpha value is -1.84. The van der Waals surface area contributed by atoms with Crippen LogP contribution in [0.2, 0.25) is 0 Å². The zero-order chi connectivity index (χ0) is 14.7. The van der Waals surface area contributed by atoms with Crippen LogP contribution in [0, 0.1) is 5.92 Å². The second-order valence-electron chi connectivity index (χ2n) is 6.23. The number of nitrogens with one attached hydrogen (secondary N) is 2. The van der Waals surface area contributed by atoms with Gasteiger partial charge in [-0.2, -0.15) is 0 Å². The predicted molar refractivity (Wildman–Crippen MR) is 82.1 cm³/mol. The highest BCUT2D eigenvalue weighted by Gasteiger charge is 2.24. The molecule has 0 aromatic heterocycles. The minimum atomic E-state index is -0.0515. The van der Waals surface area contributed by atoms with Crippen LogP contribution in [0.3, 0.4) is 0 Å². The molecule has 0 spiro atoms. The van der Waals surface area contributed by atoms with E-state index in [1.165, 1.54) is 12.8 Å². The molecule has 2 aliphatic rings. The average molecular weight is 286 g/mol. The molecule has 4 heteroatoms. The SMILES string of the molecule is O=C(CC1CCCC1)Nc1cccc(C(=O)NC2CC2)c1. The molecule has 2 aliphatic carbocycles. The Kier molecular flexibility index (Phi) is 4.23. The third-order valence-electron chi connectivity index (χ3n) is 4.27. The minimum absolute atomic E-state index is 0.0515. The van der Waals surface area contributed by atoms with E-state index in [4.69, 9.17) is 0 Å². The van der Waals surface area contributed by atoms with Gasteiger partial charge in [0.15, 0.2) is 0 Å². The van der Waals surface area contributed by atoms with Crippen molar-refractivity contribution in [2.45, 2.75) is 51.0 Å². The normalized spacial score (nSPS) is 18.5. The van der Waals surface area contributed by atoms with Crippen LogP contribution in [-0.4, -0.2) is 17.9 Å². The first-order valence-electron chi connectivity index (χ1n) is 7.91. The highest BCUT2D eigenvalue weighted by atomic mass is 16.2. The van der Waals surface area contributed by atoms with E-state index >= 15 is 0 Å². The van der Waals surface area contributed by atoms with Gasteiger partial charge in [0.25, 0.3) is 5.91 Å². The molecule has 1 aromatic rings. The summed E-state index contributed by atoms with van der Waals surface area (Å²) >= 11 is 0. The van der Waals surface area contributed by atoms with Gasteiger partial charge in [-0.05, 0) is 49.8 Å². The smallest absolute Gasteiger partial charge is 0.251 e. The van der Waals surface area contributed by atoms with E-state index in [0.717, 1.165) is 25.7 Å². The van der Waals surface area contributed by atoms with Gasteiger partial charge in [0.2, 0.25) is 5.91 Å². The van der Waals surface area contributed by atoms with Gasteiger partial charge in [-0.3, -0.25) is 9.59 Å². The summed E-state index contributed by atoms with van der Waals surface area (Å²) in [5, 5.41) is 5.87. The van der Waals surface area contributed by atoms with E-state index in [1.807, 2.05) is 12.1 Å². The Morgan fingerprint density at radius 3 is 2.57 bits per heavy atom. The molecule has 1 aromatic carbocycles. The molecular formula is C17H22N2O2. The van der Waals surface area contributed by atoms with Crippen molar-refractivity contribution in [3.63, 3.8) is 0 Å².